The van der Waals surface area contributed by atoms with Crippen molar-refractivity contribution in [3.8, 4) is 0 Å². The number of ether oxygens (including phenoxy) is 1. The fraction of sp³-hybridized carbons (Fsp3) is 0.640. The minimum absolute atomic E-state index is 0.0948. The third kappa shape index (κ3) is 7.19. The molecule has 0 aromatic heterocycles. The van der Waals surface area contributed by atoms with Gasteiger partial charge in [-0.2, -0.15) is 0 Å². The number of nitrogens with zero attached hydrogens (tertiary/aromatic N) is 1. The van der Waals surface area contributed by atoms with E-state index in [-0.39, 0.29) is 18.4 Å². The molecular weight excluding hydrogens is 422 g/mol. The number of hydrogen-bond acceptors (Lipinski definition) is 5. The van der Waals surface area contributed by atoms with Gasteiger partial charge in [0.2, 0.25) is 5.91 Å². The van der Waals surface area contributed by atoms with E-state index in [0.717, 1.165) is 31.2 Å². The molecule has 1 aromatic rings. The average molecular weight is 460 g/mol. The number of hydrogen-bond donors (Lipinski definition) is 3. The Balaban J connectivity index is 1.72. The first kappa shape index (κ1) is 25.0. The van der Waals surface area contributed by atoms with Crippen LogP contribution < -0.4 is 10.6 Å². The van der Waals surface area contributed by atoms with Gasteiger partial charge in [0, 0.05) is 19.0 Å². The van der Waals surface area contributed by atoms with Gasteiger partial charge in [0.15, 0.2) is 6.10 Å². The molecule has 3 amide bonds. The standard InChI is InChI=1S/C25H37N3O5/c1-25(2,3)33-24(32)27-19(16-17-10-5-4-6-11-17)23(31)28-15-9-14-20(28)21(29)22(30)26-18-12-7-8-13-18/h4-6,10-11,18-21,29H,7-9,12-16H2,1-3H3,(H,26,30)(H,27,32)/t19-,20-,21?/m0/s1. The summed E-state index contributed by atoms with van der Waals surface area (Å²) in [6.45, 7) is 5.71. The molecule has 8 heteroatoms. The molecule has 1 aliphatic carbocycles. The van der Waals surface area contributed by atoms with Crippen LogP contribution in [0.15, 0.2) is 30.3 Å². The highest BCUT2D eigenvalue weighted by atomic mass is 16.6. The first-order chi connectivity index (χ1) is 15.6. The van der Waals surface area contributed by atoms with Gasteiger partial charge >= 0.3 is 6.09 Å². The molecule has 3 rings (SSSR count). The van der Waals surface area contributed by atoms with Gasteiger partial charge in [-0.15, -0.1) is 0 Å². The fourth-order valence-corrected chi connectivity index (χ4v) is 4.63. The molecule has 1 aliphatic heterocycles. The second kappa shape index (κ2) is 11.0. The minimum Gasteiger partial charge on any atom is -0.444 e. The van der Waals surface area contributed by atoms with Gasteiger partial charge in [-0.3, -0.25) is 9.59 Å². The Morgan fingerprint density at radius 2 is 1.76 bits per heavy atom. The van der Waals surface area contributed by atoms with Gasteiger partial charge < -0.3 is 25.4 Å². The number of carbonyl (C=O) groups excluding carboxylic acids is 3. The summed E-state index contributed by atoms with van der Waals surface area (Å²) >= 11 is 0. The van der Waals surface area contributed by atoms with E-state index in [0.29, 0.717) is 19.4 Å². The molecule has 2 aliphatic rings. The van der Waals surface area contributed by atoms with Crippen LogP contribution in [0.1, 0.15) is 64.9 Å². The van der Waals surface area contributed by atoms with Crippen molar-refractivity contribution in [2.75, 3.05) is 6.54 Å². The molecule has 0 bridgehead atoms. The molecule has 1 unspecified atom stereocenters. The number of aliphatic hydroxyl groups excluding tert-OH is 1. The van der Waals surface area contributed by atoms with E-state index in [2.05, 4.69) is 10.6 Å². The summed E-state index contributed by atoms with van der Waals surface area (Å²) in [6, 6.07) is 8.03. The maximum atomic E-state index is 13.5. The third-order valence-corrected chi connectivity index (χ3v) is 6.19. The zero-order valence-electron chi connectivity index (χ0n) is 19.9. The van der Waals surface area contributed by atoms with Crippen LogP contribution in [0, 0.1) is 0 Å². The quantitative estimate of drug-likeness (QED) is 0.581. The smallest absolute Gasteiger partial charge is 0.408 e. The predicted molar refractivity (Wildman–Crippen MR) is 124 cm³/mol. The Morgan fingerprint density at radius 1 is 1.09 bits per heavy atom. The maximum absolute atomic E-state index is 13.5. The highest BCUT2D eigenvalue weighted by molar-refractivity contribution is 5.88. The lowest BCUT2D eigenvalue weighted by Crippen LogP contribution is -2.56. The van der Waals surface area contributed by atoms with Gasteiger partial charge in [-0.25, -0.2) is 4.79 Å². The molecule has 1 saturated heterocycles. The molecule has 33 heavy (non-hydrogen) atoms. The number of rotatable bonds is 7. The average Bonchev–Trinajstić information content (AvgIpc) is 3.43. The zero-order chi connectivity index (χ0) is 24.0. The minimum atomic E-state index is -1.30. The largest absolute Gasteiger partial charge is 0.444 e. The Labute approximate surface area is 196 Å². The molecule has 182 valence electrons. The van der Waals surface area contributed by atoms with Crippen molar-refractivity contribution >= 4 is 17.9 Å². The summed E-state index contributed by atoms with van der Waals surface area (Å²) in [4.78, 5) is 40.2. The lowest BCUT2D eigenvalue weighted by molar-refractivity contribution is -0.141. The Morgan fingerprint density at radius 3 is 2.39 bits per heavy atom. The van der Waals surface area contributed by atoms with Crippen LogP contribution in [0.3, 0.4) is 0 Å². The highest BCUT2D eigenvalue weighted by Gasteiger charge is 2.40. The van der Waals surface area contributed by atoms with Crippen molar-refractivity contribution in [1.82, 2.24) is 15.5 Å². The van der Waals surface area contributed by atoms with E-state index in [1.807, 2.05) is 30.3 Å². The van der Waals surface area contributed by atoms with Crippen molar-refractivity contribution in [2.45, 2.75) is 95.5 Å². The number of amides is 3. The van der Waals surface area contributed by atoms with Crippen molar-refractivity contribution in [3.05, 3.63) is 35.9 Å². The number of aliphatic hydroxyl groups is 1. The van der Waals surface area contributed by atoms with Crippen LogP contribution >= 0.6 is 0 Å². The summed E-state index contributed by atoms with van der Waals surface area (Å²) in [6.07, 6.45) is 3.54. The Kier molecular flexibility index (Phi) is 8.35. The molecule has 1 aromatic carbocycles. The van der Waals surface area contributed by atoms with Gasteiger partial charge in [0.1, 0.15) is 11.6 Å². The normalized spacial score (nSPS) is 20.8. The summed E-state index contributed by atoms with van der Waals surface area (Å²) < 4.78 is 5.37. The molecule has 3 N–H and O–H groups in total. The van der Waals surface area contributed by atoms with E-state index in [1.54, 1.807) is 25.7 Å². The molecule has 1 heterocycles. The van der Waals surface area contributed by atoms with Crippen LogP contribution in [0.25, 0.3) is 0 Å². The van der Waals surface area contributed by atoms with Crippen LogP contribution in [0.5, 0.6) is 0 Å². The van der Waals surface area contributed by atoms with Crippen molar-refractivity contribution in [1.29, 1.82) is 0 Å². The summed E-state index contributed by atoms with van der Waals surface area (Å²) in [5.41, 5.74) is 0.192. The number of carbonyl (C=O) groups is 3. The van der Waals surface area contributed by atoms with Crippen molar-refractivity contribution in [2.24, 2.45) is 0 Å². The molecule has 8 nitrogen and oxygen atoms in total. The van der Waals surface area contributed by atoms with E-state index >= 15 is 0 Å². The Hall–Kier alpha value is -2.61. The third-order valence-electron chi connectivity index (χ3n) is 6.19. The molecule has 3 atom stereocenters. The van der Waals surface area contributed by atoms with E-state index < -0.39 is 35.8 Å². The summed E-state index contributed by atoms with van der Waals surface area (Å²) in [5.74, 6) is -0.744. The Bertz CT molecular complexity index is 817. The number of benzene rings is 1. The molecule has 0 spiro atoms. The lowest BCUT2D eigenvalue weighted by Gasteiger charge is -2.32. The molecular formula is C25H37N3O5. The summed E-state index contributed by atoms with van der Waals surface area (Å²) in [5, 5.41) is 16.4. The van der Waals surface area contributed by atoms with Gasteiger partial charge in [0.05, 0.1) is 6.04 Å². The second-order valence-electron chi connectivity index (χ2n) is 10.1. The van der Waals surface area contributed by atoms with Crippen LogP contribution in [0.4, 0.5) is 4.79 Å². The number of nitrogens with one attached hydrogen (secondary N) is 2. The van der Waals surface area contributed by atoms with Gasteiger partial charge in [0.25, 0.3) is 5.91 Å². The van der Waals surface area contributed by atoms with Crippen molar-refractivity contribution < 1.29 is 24.2 Å². The van der Waals surface area contributed by atoms with Crippen LogP contribution in [0.2, 0.25) is 0 Å². The molecule has 1 saturated carbocycles. The van der Waals surface area contributed by atoms with E-state index in [9.17, 15) is 19.5 Å². The zero-order valence-corrected chi connectivity index (χ0v) is 19.9. The first-order valence-corrected chi connectivity index (χ1v) is 12.0. The van der Waals surface area contributed by atoms with Gasteiger partial charge in [-0.05, 0) is 52.0 Å². The molecule has 2 fully saturated rings. The lowest BCUT2D eigenvalue weighted by atomic mass is 10.0. The summed E-state index contributed by atoms with van der Waals surface area (Å²) in [7, 11) is 0. The molecule has 0 radical (unpaired) electrons. The SMILES string of the molecule is CC(C)(C)OC(=O)N[C@@H](Cc1ccccc1)C(=O)N1CCC[C@H]1C(O)C(=O)NC1CCCC1. The first-order valence-electron chi connectivity index (χ1n) is 12.0. The second-order valence-corrected chi connectivity index (χ2v) is 10.1. The van der Waals surface area contributed by atoms with Crippen LogP contribution in [-0.2, 0) is 20.7 Å². The van der Waals surface area contributed by atoms with Crippen molar-refractivity contribution in [3.63, 3.8) is 0 Å². The van der Waals surface area contributed by atoms with E-state index in [1.165, 1.54) is 0 Å². The topological polar surface area (TPSA) is 108 Å². The van der Waals surface area contributed by atoms with Gasteiger partial charge in [-0.1, -0.05) is 43.2 Å². The van der Waals surface area contributed by atoms with E-state index in [4.69, 9.17) is 4.74 Å². The fourth-order valence-electron chi connectivity index (χ4n) is 4.63. The highest BCUT2D eigenvalue weighted by Crippen LogP contribution is 2.24. The van der Waals surface area contributed by atoms with Crippen LogP contribution in [-0.4, -0.2) is 64.3 Å². The maximum Gasteiger partial charge on any atom is 0.408 e. The monoisotopic (exact) mass is 459 g/mol. The number of alkyl carbamates (subject to hydrolysis) is 1. The predicted octanol–water partition coefficient (Wildman–Crippen LogP) is 2.53. The number of likely N-dealkylation sites (tertiary alicyclic amines) is 1.